The standard InChI is InChI=1S/C3H7N.C2H7N/c1-2-3-4;1-3-2/h2H,1,3-4H2;3H,1-2H3. The van der Waals surface area contributed by atoms with Crippen LogP contribution in [0.2, 0.25) is 0 Å². The van der Waals surface area contributed by atoms with Crippen molar-refractivity contribution in [3.05, 3.63) is 12.7 Å². The summed E-state index contributed by atoms with van der Waals surface area (Å²) in [6.07, 6.45) is 1.65. The maximum atomic E-state index is 4.91. The summed E-state index contributed by atoms with van der Waals surface area (Å²) in [4.78, 5) is 0. The molecule has 0 amide bonds. The molecule has 0 atom stereocenters. The van der Waals surface area contributed by atoms with Gasteiger partial charge < -0.3 is 11.1 Å². The quantitative estimate of drug-likeness (QED) is 0.456. The molecular weight excluding hydrogens is 88.1 g/mol. The molecule has 0 aliphatic carbocycles. The van der Waals surface area contributed by atoms with Gasteiger partial charge >= 0.3 is 0 Å². The molecule has 0 spiro atoms. The van der Waals surface area contributed by atoms with Crippen LogP contribution in [-0.2, 0) is 0 Å². The van der Waals surface area contributed by atoms with E-state index in [4.69, 9.17) is 5.73 Å². The highest BCUT2D eigenvalue weighted by Crippen LogP contribution is 1.40. The van der Waals surface area contributed by atoms with Gasteiger partial charge in [-0.15, -0.1) is 6.58 Å². The van der Waals surface area contributed by atoms with Crippen LogP contribution in [0.1, 0.15) is 0 Å². The smallest absolute Gasteiger partial charge is 0.0104 e. The average Bonchev–Trinajstić information content (AvgIpc) is 1.69. The summed E-state index contributed by atoms with van der Waals surface area (Å²) in [5, 5.41) is 2.75. The average molecular weight is 102 g/mol. The van der Waals surface area contributed by atoms with E-state index in [2.05, 4.69) is 11.9 Å². The molecule has 0 saturated heterocycles. The molecule has 0 bridgehead atoms. The minimum Gasteiger partial charge on any atom is -0.327 e. The lowest BCUT2D eigenvalue weighted by molar-refractivity contribution is 1.02. The maximum Gasteiger partial charge on any atom is 0.0104 e. The van der Waals surface area contributed by atoms with Gasteiger partial charge in [-0.2, -0.15) is 0 Å². The molecule has 0 heterocycles. The van der Waals surface area contributed by atoms with Crippen molar-refractivity contribution >= 4 is 0 Å². The summed E-state index contributed by atoms with van der Waals surface area (Å²) in [6.45, 7) is 3.94. The topological polar surface area (TPSA) is 38.0 Å². The first-order valence-electron chi connectivity index (χ1n) is 2.22. The summed E-state index contributed by atoms with van der Waals surface area (Å²) >= 11 is 0. The Kier molecular flexibility index (Phi) is 24.4. The Bertz CT molecular complexity index is 27.3. The van der Waals surface area contributed by atoms with Crippen molar-refractivity contribution < 1.29 is 0 Å². The van der Waals surface area contributed by atoms with Crippen molar-refractivity contribution in [2.24, 2.45) is 5.73 Å². The van der Waals surface area contributed by atoms with Crippen molar-refractivity contribution in [3.8, 4) is 0 Å². The number of hydrogen-bond donors (Lipinski definition) is 2. The summed E-state index contributed by atoms with van der Waals surface area (Å²) in [5.41, 5.74) is 4.91. The van der Waals surface area contributed by atoms with E-state index in [0.717, 1.165) is 0 Å². The Morgan fingerprint density at radius 1 is 1.71 bits per heavy atom. The minimum absolute atomic E-state index is 0.583. The Hall–Kier alpha value is -0.340. The van der Waals surface area contributed by atoms with Gasteiger partial charge in [-0.25, -0.2) is 0 Å². The highest BCUT2D eigenvalue weighted by atomic mass is 14.7. The first-order chi connectivity index (χ1) is 3.33. The molecule has 0 aliphatic rings. The van der Waals surface area contributed by atoms with Gasteiger partial charge in [0, 0.05) is 6.54 Å². The fourth-order valence-electron chi connectivity index (χ4n) is 0. The van der Waals surface area contributed by atoms with Crippen LogP contribution in [0.5, 0.6) is 0 Å². The van der Waals surface area contributed by atoms with Crippen molar-refractivity contribution in [1.29, 1.82) is 0 Å². The Morgan fingerprint density at radius 2 is 1.86 bits per heavy atom. The monoisotopic (exact) mass is 102 g/mol. The third kappa shape index (κ3) is 174. The first kappa shape index (κ1) is 9.83. The SMILES string of the molecule is C=CCN.CNC. The molecule has 3 N–H and O–H groups in total. The molecule has 44 valence electrons. The van der Waals surface area contributed by atoms with E-state index in [1.54, 1.807) is 6.08 Å². The van der Waals surface area contributed by atoms with E-state index in [9.17, 15) is 0 Å². The van der Waals surface area contributed by atoms with Crippen molar-refractivity contribution in [2.75, 3.05) is 20.6 Å². The molecule has 2 heteroatoms. The molecule has 0 aromatic carbocycles. The van der Waals surface area contributed by atoms with Crippen LogP contribution in [0, 0.1) is 0 Å². The van der Waals surface area contributed by atoms with Gasteiger partial charge in [0.25, 0.3) is 0 Å². The van der Waals surface area contributed by atoms with Crippen LogP contribution in [-0.4, -0.2) is 20.6 Å². The third-order valence-corrected chi connectivity index (χ3v) is 0.167. The molecule has 7 heavy (non-hydrogen) atoms. The maximum absolute atomic E-state index is 4.91. The van der Waals surface area contributed by atoms with E-state index in [1.165, 1.54) is 0 Å². The van der Waals surface area contributed by atoms with Crippen LogP contribution in [0.3, 0.4) is 0 Å². The zero-order chi connectivity index (χ0) is 6.12. The van der Waals surface area contributed by atoms with Crippen LogP contribution < -0.4 is 11.1 Å². The lowest BCUT2D eigenvalue weighted by Crippen LogP contribution is -1.90. The predicted molar refractivity (Wildman–Crippen MR) is 34.2 cm³/mol. The summed E-state index contributed by atoms with van der Waals surface area (Å²) in [6, 6.07) is 0. The number of hydrogen-bond acceptors (Lipinski definition) is 2. The molecule has 2 nitrogen and oxygen atoms in total. The van der Waals surface area contributed by atoms with Gasteiger partial charge in [-0.05, 0) is 14.1 Å². The summed E-state index contributed by atoms with van der Waals surface area (Å²) < 4.78 is 0. The van der Waals surface area contributed by atoms with Gasteiger partial charge in [-0.1, -0.05) is 6.08 Å². The second-order valence-corrected chi connectivity index (χ2v) is 1.02. The molecule has 0 fully saturated rings. The van der Waals surface area contributed by atoms with E-state index < -0.39 is 0 Å². The van der Waals surface area contributed by atoms with Gasteiger partial charge in [0.05, 0.1) is 0 Å². The third-order valence-electron chi connectivity index (χ3n) is 0.167. The van der Waals surface area contributed by atoms with Crippen LogP contribution >= 0.6 is 0 Å². The predicted octanol–water partition coefficient (Wildman–Crippen LogP) is -0.0333. The number of nitrogens with two attached hydrogens (primary N) is 1. The van der Waals surface area contributed by atoms with E-state index in [-0.39, 0.29) is 0 Å². The largest absolute Gasteiger partial charge is 0.327 e. The molecule has 0 radical (unpaired) electrons. The Labute approximate surface area is 45.4 Å². The molecule has 0 aliphatic heterocycles. The normalized spacial score (nSPS) is 6.14. The van der Waals surface area contributed by atoms with Crippen LogP contribution in [0.15, 0.2) is 12.7 Å². The minimum atomic E-state index is 0.583. The number of nitrogens with one attached hydrogen (secondary N) is 1. The summed E-state index contributed by atoms with van der Waals surface area (Å²) in [5.74, 6) is 0. The lowest BCUT2D eigenvalue weighted by atomic mass is 10.7. The zero-order valence-corrected chi connectivity index (χ0v) is 5.07. The van der Waals surface area contributed by atoms with E-state index in [0.29, 0.717) is 6.54 Å². The highest BCUT2D eigenvalue weighted by molar-refractivity contribution is 4.64. The molecule has 0 unspecified atom stereocenters. The fraction of sp³-hybridized carbons (Fsp3) is 0.600. The van der Waals surface area contributed by atoms with Gasteiger partial charge in [0.15, 0.2) is 0 Å². The fourth-order valence-corrected chi connectivity index (χ4v) is 0. The van der Waals surface area contributed by atoms with Gasteiger partial charge in [-0.3, -0.25) is 0 Å². The lowest BCUT2D eigenvalue weighted by Gasteiger charge is -1.61. The van der Waals surface area contributed by atoms with Crippen molar-refractivity contribution in [2.45, 2.75) is 0 Å². The Morgan fingerprint density at radius 3 is 1.86 bits per heavy atom. The van der Waals surface area contributed by atoms with Gasteiger partial charge in [0.2, 0.25) is 0 Å². The van der Waals surface area contributed by atoms with E-state index in [1.807, 2.05) is 14.1 Å². The zero-order valence-electron chi connectivity index (χ0n) is 5.07. The second-order valence-electron chi connectivity index (χ2n) is 1.02. The van der Waals surface area contributed by atoms with Crippen LogP contribution in [0.25, 0.3) is 0 Å². The first-order valence-corrected chi connectivity index (χ1v) is 2.22. The molecule has 0 aromatic heterocycles. The van der Waals surface area contributed by atoms with Crippen molar-refractivity contribution in [1.82, 2.24) is 5.32 Å². The van der Waals surface area contributed by atoms with Crippen molar-refractivity contribution in [3.63, 3.8) is 0 Å². The van der Waals surface area contributed by atoms with Gasteiger partial charge in [0.1, 0.15) is 0 Å². The van der Waals surface area contributed by atoms with Crippen LogP contribution in [0.4, 0.5) is 0 Å². The van der Waals surface area contributed by atoms with E-state index >= 15 is 0 Å². The second kappa shape index (κ2) is 17.4. The Balaban J connectivity index is 0. The molecular formula is C5H14N2. The molecule has 0 rings (SSSR count). The number of rotatable bonds is 1. The highest BCUT2D eigenvalue weighted by Gasteiger charge is 1.43. The molecule has 0 aromatic rings. The summed E-state index contributed by atoms with van der Waals surface area (Å²) in [7, 11) is 3.75. The molecule has 0 saturated carbocycles.